The number of aryl methyl sites for hydroxylation is 1. The van der Waals surface area contributed by atoms with Gasteiger partial charge < -0.3 is 34.3 Å². The maximum absolute atomic E-state index is 14.1. The van der Waals surface area contributed by atoms with Crippen LogP contribution in [0, 0.1) is 0 Å². The van der Waals surface area contributed by atoms with Crippen LogP contribution in [0.2, 0.25) is 20.1 Å². The van der Waals surface area contributed by atoms with Crippen molar-refractivity contribution in [3.8, 4) is 23.0 Å². The van der Waals surface area contributed by atoms with Crippen molar-refractivity contribution < 1.29 is 43.2 Å². The molecule has 6 aromatic carbocycles. The second kappa shape index (κ2) is 20.9. The molecule has 2 amide bonds. The number of hydrogen-bond acceptors (Lipinski definition) is 10. The summed E-state index contributed by atoms with van der Waals surface area (Å²) in [4.78, 5) is 56.0. The smallest absolute Gasteiger partial charge is 0.352 e. The van der Waals surface area contributed by atoms with Gasteiger partial charge in [0.15, 0.2) is 5.60 Å². The number of ether oxygens (including phenoxy) is 4. The third-order valence-corrected chi connectivity index (χ3v) is 16.7. The molecule has 3 atom stereocenters. The lowest BCUT2D eigenvalue weighted by Crippen LogP contribution is -2.70. The number of para-hydroxylation sites is 1. The van der Waals surface area contributed by atoms with Gasteiger partial charge in [0.1, 0.15) is 53.3 Å². The molecule has 1 unspecified atom stereocenters. The summed E-state index contributed by atoms with van der Waals surface area (Å²) in [5.41, 5.74) is 4.24. The van der Waals surface area contributed by atoms with Crippen molar-refractivity contribution in [2.75, 3.05) is 24.3 Å². The summed E-state index contributed by atoms with van der Waals surface area (Å²) < 4.78 is 26.1. The van der Waals surface area contributed by atoms with Gasteiger partial charge in [0, 0.05) is 58.6 Å². The molecule has 10 rings (SSSR count). The van der Waals surface area contributed by atoms with Crippen LogP contribution in [-0.2, 0) is 44.2 Å². The fourth-order valence-electron chi connectivity index (χ4n) is 9.78. The Morgan fingerprint density at radius 3 is 2.23 bits per heavy atom. The van der Waals surface area contributed by atoms with Gasteiger partial charge in [0.2, 0.25) is 5.91 Å². The molecule has 4 aliphatic heterocycles. The molecule has 1 fully saturated rings. The first-order valence-corrected chi connectivity index (χ1v) is 26.3. The van der Waals surface area contributed by atoms with Crippen LogP contribution < -0.4 is 24.4 Å². The summed E-state index contributed by atoms with van der Waals surface area (Å²) in [5, 5.41) is 12.4. The van der Waals surface area contributed by atoms with Crippen molar-refractivity contribution in [3.05, 3.63) is 186 Å². The number of halogens is 4. The van der Waals surface area contributed by atoms with E-state index in [-0.39, 0.29) is 62.5 Å². The topological polar surface area (TPSA) is 144 Å². The number of β-lactam (4-membered cyclic amide) rings is 1. The monoisotopic (exact) mass is 1080 g/mol. The average molecular weight is 1080 g/mol. The highest BCUT2D eigenvalue weighted by atomic mass is 35.5. The fraction of sp³-hybridized carbons (Fsp3) is 0.250. The van der Waals surface area contributed by atoms with Crippen molar-refractivity contribution in [2.45, 2.75) is 69.1 Å². The highest BCUT2D eigenvalue weighted by Crippen LogP contribution is 2.62. The second-order valence-electron chi connectivity index (χ2n) is 18.1. The molecule has 374 valence electrons. The van der Waals surface area contributed by atoms with Gasteiger partial charge in [-0.1, -0.05) is 133 Å². The number of nitrogens with one attached hydrogen (secondary N) is 1. The number of carbonyl (C=O) groups excluding carboxylic acids is 3. The maximum Gasteiger partial charge on any atom is 0.352 e. The number of nitrogens with zero attached hydrogens (tertiary/aromatic N) is 2. The van der Waals surface area contributed by atoms with Gasteiger partial charge >= 0.3 is 11.9 Å². The van der Waals surface area contributed by atoms with Gasteiger partial charge in [-0.2, -0.15) is 0 Å². The average Bonchev–Trinajstić information content (AvgIpc) is 3.73. The van der Waals surface area contributed by atoms with Crippen LogP contribution in [-0.4, -0.2) is 64.6 Å². The lowest BCUT2D eigenvalue weighted by Gasteiger charge is -2.49. The Bertz CT molecular complexity index is 3210. The largest absolute Gasteiger partial charge is 0.489 e. The molecule has 4 aliphatic rings. The molecule has 0 aliphatic carbocycles. The number of anilines is 2. The zero-order valence-corrected chi connectivity index (χ0v) is 43.4. The van der Waals surface area contributed by atoms with Gasteiger partial charge in [-0.3, -0.25) is 14.5 Å². The highest BCUT2D eigenvalue weighted by molar-refractivity contribution is 8.00. The summed E-state index contributed by atoms with van der Waals surface area (Å²) in [5.74, 6) is -0.619. The number of thioether (sulfide) groups is 1. The Labute approximate surface area is 446 Å². The van der Waals surface area contributed by atoms with E-state index in [2.05, 4.69) is 12.2 Å². The van der Waals surface area contributed by atoms with E-state index >= 15 is 0 Å². The van der Waals surface area contributed by atoms with E-state index in [1.807, 2.05) is 115 Å². The lowest BCUT2D eigenvalue weighted by atomic mass is 9.76. The minimum Gasteiger partial charge on any atom is -0.489 e. The van der Waals surface area contributed by atoms with Crippen LogP contribution in [0.5, 0.6) is 23.0 Å². The van der Waals surface area contributed by atoms with Gasteiger partial charge in [-0.05, 0) is 72.0 Å². The highest BCUT2D eigenvalue weighted by Gasteiger charge is 2.57. The van der Waals surface area contributed by atoms with Crippen LogP contribution >= 0.6 is 58.2 Å². The molecule has 6 aromatic rings. The first kappa shape index (κ1) is 50.2. The third-order valence-electron chi connectivity index (χ3n) is 13.5. The molecule has 1 saturated heterocycles. The number of hydrogen-bond donors (Lipinski definition) is 2. The Kier molecular flexibility index (Phi) is 14.4. The number of rotatable bonds is 17. The molecule has 4 heterocycles. The zero-order valence-electron chi connectivity index (χ0n) is 39.5. The van der Waals surface area contributed by atoms with E-state index in [0.717, 1.165) is 53.7 Å². The molecular formula is C56H47Cl4N3O9S. The minimum atomic E-state index is -1.63. The third kappa shape index (κ3) is 9.35. The number of benzene rings is 6. The van der Waals surface area contributed by atoms with Crippen LogP contribution in [0.15, 0.2) is 127 Å². The number of aliphatic carboxylic acids is 1. The molecule has 0 saturated carbocycles. The summed E-state index contributed by atoms with van der Waals surface area (Å²) in [6.07, 6.45) is 4.68. The predicted molar refractivity (Wildman–Crippen MR) is 283 cm³/mol. The Morgan fingerprint density at radius 2 is 1.51 bits per heavy atom. The van der Waals surface area contributed by atoms with Crippen LogP contribution in [0.4, 0.5) is 11.4 Å². The number of carbonyl (C=O) groups is 4. The number of unbranched alkanes of at least 4 members (excludes halogenated alkanes) is 3. The molecule has 12 nitrogen and oxygen atoms in total. The minimum absolute atomic E-state index is 0.0105. The van der Waals surface area contributed by atoms with E-state index in [9.17, 15) is 24.3 Å². The van der Waals surface area contributed by atoms with Crippen LogP contribution in [0.25, 0.3) is 0 Å². The normalized spacial score (nSPS) is 18.2. The Morgan fingerprint density at radius 1 is 0.795 bits per heavy atom. The summed E-state index contributed by atoms with van der Waals surface area (Å²) in [6.45, 7) is 2.25. The number of fused-ring (bicyclic) bond motifs is 7. The molecule has 73 heavy (non-hydrogen) atoms. The number of carboxylic acids is 1. The molecular weight excluding hydrogens is 1030 g/mol. The standard InChI is InChI=1S/C56H47Cl4N3O9S/c1-3-4-5-10-15-33-25-39-42(71-41-26-36(62(2)35-16-11-7-12-17-35)20-23-38(41)56(39)45-44(55(68)72-56)46(57)48(59)49(60)47(45)58)27-40(33)70-28-32-18-21-37(22-19-32)69-29-34-30-73-53-50(52(65)63(53)51(34)54(66)67)61-43(64)24-31-13-8-6-9-14-31/h6-9,11-14,16-23,25-27,50,53H,3-5,10,15,24,28-30H2,1-2H3,(H,61,64)(H,66,67)/t50-,53-,56?/m0/s1. The quantitative estimate of drug-likeness (QED) is 0.0296. The van der Waals surface area contributed by atoms with E-state index in [1.165, 1.54) is 16.7 Å². The number of carboxylic acid groups (broad SMARTS) is 1. The first-order valence-electron chi connectivity index (χ1n) is 23.7. The molecule has 2 N–H and O–H groups in total. The predicted octanol–water partition coefficient (Wildman–Crippen LogP) is 12.7. The van der Waals surface area contributed by atoms with Gasteiger partial charge in [0.05, 0.1) is 32.1 Å². The second-order valence-corrected chi connectivity index (χ2v) is 20.7. The molecule has 0 bridgehead atoms. The van der Waals surface area contributed by atoms with E-state index < -0.39 is 34.9 Å². The van der Waals surface area contributed by atoms with Crippen LogP contribution in [0.3, 0.4) is 0 Å². The summed E-state index contributed by atoms with van der Waals surface area (Å²) >= 11 is 28.6. The molecule has 17 heteroatoms. The summed E-state index contributed by atoms with van der Waals surface area (Å²) in [7, 11) is 1.95. The fourth-order valence-corrected chi connectivity index (χ4v) is 12.2. The van der Waals surface area contributed by atoms with E-state index in [4.69, 9.17) is 65.4 Å². The van der Waals surface area contributed by atoms with Gasteiger partial charge in [0.25, 0.3) is 5.91 Å². The van der Waals surface area contributed by atoms with Crippen molar-refractivity contribution in [1.82, 2.24) is 10.2 Å². The van der Waals surface area contributed by atoms with E-state index in [1.54, 1.807) is 12.1 Å². The molecule has 0 aromatic heterocycles. The summed E-state index contributed by atoms with van der Waals surface area (Å²) in [6, 6.07) is 34.9. The van der Waals surface area contributed by atoms with Crippen molar-refractivity contribution in [3.63, 3.8) is 0 Å². The van der Waals surface area contributed by atoms with Crippen molar-refractivity contribution >= 4 is 93.3 Å². The number of amides is 2. The molecule has 1 spiro atoms. The van der Waals surface area contributed by atoms with Crippen molar-refractivity contribution in [2.24, 2.45) is 0 Å². The zero-order chi connectivity index (χ0) is 51.1. The SMILES string of the molecule is CCCCCCc1cc2c(cc1OCc1ccc(OCC3=C(C(=O)O)N4C(=O)[C@H](NC(=O)Cc5ccccc5)[C@@H]4SC3)cc1)Oc1cc(N(C)c3ccccc3)ccc1C21OC(=O)c2c(Cl)c(Cl)c(Cl)c(Cl)c21. The van der Waals surface area contributed by atoms with Crippen molar-refractivity contribution in [1.29, 1.82) is 0 Å². The Hall–Kier alpha value is -6.35. The molecule has 0 radical (unpaired) electrons. The Balaban J connectivity index is 0.909. The van der Waals surface area contributed by atoms with Crippen LogP contribution in [0.1, 0.15) is 76.3 Å². The number of esters is 1. The van der Waals surface area contributed by atoms with Gasteiger partial charge in [-0.25, -0.2) is 9.59 Å². The lowest BCUT2D eigenvalue weighted by molar-refractivity contribution is -0.150. The van der Waals surface area contributed by atoms with Gasteiger partial charge in [-0.15, -0.1) is 11.8 Å². The van der Waals surface area contributed by atoms with E-state index in [0.29, 0.717) is 51.9 Å². The first-order chi connectivity index (χ1) is 35.3. The maximum atomic E-state index is 14.1.